The van der Waals surface area contributed by atoms with Gasteiger partial charge in [0.15, 0.2) is 0 Å². The van der Waals surface area contributed by atoms with Gasteiger partial charge in [-0.05, 0) is 66.5 Å². The Balaban J connectivity index is 1.49. The molecule has 3 aliphatic rings. The third-order valence-electron chi connectivity index (χ3n) is 8.75. The molecule has 1 aromatic carbocycles. The number of fused-ring (bicyclic) bond motifs is 1. The number of aryl methyl sites for hydroxylation is 1. The molecule has 2 aliphatic carbocycles. The van der Waals surface area contributed by atoms with Gasteiger partial charge >= 0.3 is 0 Å². The Morgan fingerprint density at radius 2 is 2.19 bits per heavy atom. The van der Waals surface area contributed by atoms with E-state index < -0.39 is 0 Å². The number of nitrogens with zero attached hydrogens (tertiary/aromatic N) is 2. The predicted molar refractivity (Wildman–Crippen MR) is 122 cm³/mol. The second-order valence-corrected chi connectivity index (χ2v) is 10.6. The molecule has 5 rings (SSSR count). The lowest BCUT2D eigenvalue weighted by Gasteiger charge is -2.53. The van der Waals surface area contributed by atoms with Crippen molar-refractivity contribution in [2.45, 2.75) is 65.6 Å². The van der Waals surface area contributed by atoms with E-state index in [2.05, 4.69) is 46.9 Å². The summed E-state index contributed by atoms with van der Waals surface area (Å²) in [7, 11) is 1.72. The zero-order chi connectivity index (χ0) is 22.7. The van der Waals surface area contributed by atoms with Gasteiger partial charge in [-0.25, -0.2) is 4.98 Å². The van der Waals surface area contributed by atoms with Crippen LogP contribution >= 0.6 is 0 Å². The highest BCUT2D eigenvalue weighted by atomic mass is 16.5. The number of imidazole rings is 1. The molecule has 2 saturated carbocycles. The molecule has 172 valence electrons. The van der Waals surface area contributed by atoms with Gasteiger partial charge in [-0.2, -0.15) is 0 Å². The first-order chi connectivity index (χ1) is 15.3. The van der Waals surface area contributed by atoms with Crippen LogP contribution in [0.2, 0.25) is 0 Å². The van der Waals surface area contributed by atoms with Crippen LogP contribution in [0.5, 0.6) is 5.75 Å². The number of benzene rings is 1. The Hall–Kier alpha value is -2.34. The number of ether oxygens (including phenoxy) is 2. The van der Waals surface area contributed by atoms with E-state index in [0.717, 1.165) is 43.1 Å². The number of methoxy groups -OCH3 is 1. The highest BCUT2D eigenvalue weighted by Crippen LogP contribution is 2.70. The van der Waals surface area contributed by atoms with Gasteiger partial charge in [0, 0.05) is 37.5 Å². The molecule has 1 aliphatic heterocycles. The van der Waals surface area contributed by atoms with E-state index in [9.17, 15) is 4.79 Å². The lowest BCUT2D eigenvalue weighted by Crippen LogP contribution is -2.58. The highest BCUT2D eigenvalue weighted by Gasteiger charge is 2.68. The van der Waals surface area contributed by atoms with Crippen molar-refractivity contribution in [3.63, 3.8) is 0 Å². The number of carbonyl (C=O) groups excluding carboxylic acids is 1. The Kier molecular flexibility index (Phi) is 5.12. The average Bonchev–Trinajstić information content (AvgIpc) is 3.40. The quantitative estimate of drug-likeness (QED) is 0.759. The van der Waals surface area contributed by atoms with Crippen molar-refractivity contribution in [3.8, 4) is 5.75 Å². The lowest BCUT2D eigenvalue weighted by atomic mass is 9.59. The van der Waals surface area contributed by atoms with Crippen LogP contribution in [0.1, 0.15) is 63.1 Å². The Labute approximate surface area is 190 Å². The summed E-state index contributed by atoms with van der Waals surface area (Å²) < 4.78 is 14.3. The van der Waals surface area contributed by atoms with Crippen LogP contribution in [0.3, 0.4) is 0 Å². The van der Waals surface area contributed by atoms with E-state index in [0.29, 0.717) is 11.8 Å². The van der Waals surface area contributed by atoms with Crippen LogP contribution in [-0.4, -0.2) is 35.2 Å². The fraction of sp³-hybridized carbons (Fsp3) is 0.615. The van der Waals surface area contributed by atoms with Gasteiger partial charge in [-0.3, -0.25) is 4.79 Å². The van der Waals surface area contributed by atoms with Crippen LogP contribution in [0.4, 0.5) is 0 Å². The van der Waals surface area contributed by atoms with E-state index in [-0.39, 0.29) is 28.9 Å². The molecule has 1 amide bonds. The van der Waals surface area contributed by atoms with Gasteiger partial charge in [0.05, 0.1) is 19.8 Å². The normalized spacial score (nSPS) is 32.5. The van der Waals surface area contributed by atoms with Gasteiger partial charge in [0.25, 0.3) is 0 Å². The summed E-state index contributed by atoms with van der Waals surface area (Å²) in [5.41, 5.74) is 2.59. The predicted octanol–water partition coefficient (Wildman–Crippen LogP) is 4.27. The van der Waals surface area contributed by atoms with Crippen LogP contribution in [0, 0.1) is 29.6 Å². The maximum Gasteiger partial charge on any atom is 0.217 e. The summed E-state index contributed by atoms with van der Waals surface area (Å²) in [5, 5.41) is 3.37. The van der Waals surface area contributed by atoms with E-state index in [4.69, 9.17) is 9.47 Å². The van der Waals surface area contributed by atoms with E-state index in [1.54, 1.807) is 14.0 Å². The summed E-state index contributed by atoms with van der Waals surface area (Å²) >= 11 is 0. The van der Waals surface area contributed by atoms with E-state index in [1.807, 2.05) is 19.3 Å². The molecule has 32 heavy (non-hydrogen) atoms. The zero-order valence-corrected chi connectivity index (χ0v) is 19.9. The smallest absolute Gasteiger partial charge is 0.217 e. The molecule has 1 saturated heterocycles. The Bertz CT molecular complexity index is 1030. The van der Waals surface area contributed by atoms with Crippen LogP contribution in [-0.2, 0) is 16.1 Å². The molecular weight excluding hydrogens is 402 g/mol. The molecule has 2 heterocycles. The first kappa shape index (κ1) is 21.5. The second-order valence-electron chi connectivity index (χ2n) is 10.6. The Morgan fingerprint density at radius 3 is 2.88 bits per heavy atom. The third-order valence-corrected chi connectivity index (χ3v) is 8.75. The van der Waals surface area contributed by atoms with Crippen molar-refractivity contribution in [3.05, 3.63) is 47.5 Å². The minimum atomic E-state index is 0.0506. The first-order valence-corrected chi connectivity index (χ1v) is 11.8. The molecule has 1 spiro atoms. The van der Waals surface area contributed by atoms with Gasteiger partial charge in [-0.15, -0.1) is 0 Å². The number of rotatable bonds is 5. The largest absolute Gasteiger partial charge is 0.496 e. The molecule has 6 nitrogen and oxygen atoms in total. The summed E-state index contributed by atoms with van der Waals surface area (Å²) in [6.07, 6.45) is 7.26. The Morgan fingerprint density at radius 1 is 1.38 bits per heavy atom. The molecule has 1 aromatic heterocycles. The zero-order valence-electron chi connectivity index (χ0n) is 19.9. The number of amides is 1. The lowest BCUT2D eigenvalue weighted by molar-refractivity contribution is -0.136. The highest BCUT2D eigenvalue weighted by molar-refractivity contribution is 5.73. The van der Waals surface area contributed by atoms with Crippen molar-refractivity contribution in [2.24, 2.45) is 22.7 Å². The number of hydrogen-bond donors (Lipinski definition) is 1. The van der Waals surface area contributed by atoms with E-state index in [1.165, 1.54) is 12.0 Å². The topological polar surface area (TPSA) is 65.4 Å². The second kappa shape index (κ2) is 7.62. The average molecular weight is 438 g/mol. The minimum Gasteiger partial charge on any atom is -0.496 e. The van der Waals surface area contributed by atoms with Crippen molar-refractivity contribution in [2.75, 3.05) is 13.7 Å². The van der Waals surface area contributed by atoms with Gasteiger partial charge in [-0.1, -0.05) is 19.9 Å². The molecule has 3 fully saturated rings. The molecule has 2 aromatic rings. The summed E-state index contributed by atoms with van der Waals surface area (Å²) in [4.78, 5) is 16.5. The summed E-state index contributed by atoms with van der Waals surface area (Å²) in [5.74, 6) is 2.98. The van der Waals surface area contributed by atoms with Crippen LogP contribution < -0.4 is 10.1 Å². The molecule has 5 atom stereocenters. The summed E-state index contributed by atoms with van der Waals surface area (Å²) in [6.45, 7) is 9.80. The van der Waals surface area contributed by atoms with Gasteiger partial charge < -0.3 is 19.4 Å². The fourth-order valence-corrected chi connectivity index (χ4v) is 7.17. The monoisotopic (exact) mass is 437 g/mol. The molecule has 0 radical (unpaired) electrons. The SMILES string of the molecule is COc1ccc([C@H]2OCCC34C[C@@H](C[C@H]23)C(C)(C)[C@@H]4NC(C)=O)cc1Cn1ccnc1C. The molecular formula is C26H35N3O3. The molecule has 1 N–H and O–H groups in total. The summed E-state index contributed by atoms with van der Waals surface area (Å²) in [6, 6.07) is 6.70. The molecule has 2 bridgehead atoms. The van der Waals surface area contributed by atoms with Gasteiger partial charge in [0.2, 0.25) is 5.91 Å². The van der Waals surface area contributed by atoms with Crippen molar-refractivity contribution in [1.82, 2.24) is 14.9 Å². The van der Waals surface area contributed by atoms with Crippen LogP contribution in [0.25, 0.3) is 0 Å². The number of carbonyl (C=O) groups is 1. The minimum absolute atomic E-state index is 0.0506. The fourth-order valence-electron chi connectivity index (χ4n) is 7.17. The van der Waals surface area contributed by atoms with Gasteiger partial charge in [0.1, 0.15) is 11.6 Å². The third kappa shape index (κ3) is 3.18. The van der Waals surface area contributed by atoms with Crippen LogP contribution in [0.15, 0.2) is 30.6 Å². The molecule has 6 heteroatoms. The van der Waals surface area contributed by atoms with Crippen molar-refractivity contribution >= 4 is 5.91 Å². The number of hydrogen-bond acceptors (Lipinski definition) is 4. The number of aromatic nitrogens is 2. The first-order valence-electron chi connectivity index (χ1n) is 11.8. The van der Waals surface area contributed by atoms with E-state index >= 15 is 0 Å². The number of nitrogens with one attached hydrogen (secondary N) is 1. The maximum absolute atomic E-state index is 12.1. The van der Waals surface area contributed by atoms with Crippen molar-refractivity contribution < 1.29 is 14.3 Å². The van der Waals surface area contributed by atoms with Crippen molar-refractivity contribution in [1.29, 1.82) is 0 Å². The standard InChI is InChI=1S/C26H35N3O3/c1-16-27-9-10-29(16)15-19-12-18(6-7-22(19)31-5)23-21-13-20-14-26(21,8-11-32-23)24(25(20,3)4)28-17(2)30/h6-7,9-10,12,20-21,23-24H,8,11,13-15H2,1-5H3,(H,28,30)/t20-,21-,23-,24+,26?/m1/s1. The molecule has 1 unspecified atom stereocenters. The maximum atomic E-state index is 12.1.